The lowest BCUT2D eigenvalue weighted by Gasteiger charge is -2.43. The standard InChI is InChI=1S/C40H38N2S/c1-2-10-25(11-3-1)41-34-15-7-4-12-27(34)33-24-26(18-22-36(33)41)42-35-16-8-5-14-32(35)39-29-19-20-30-28-13-6-9-17-38(28)43-40(30)31(29)21-23-37(39)42/h1-4,7,10-17,19-21,23-24,29-31,33,36-37,39-40H,5-6,8-9,18,22H2. The van der Waals surface area contributed by atoms with E-state index in [4.69, 9.17) is 0 Å². The van der Waals surface area contributed by atoms with Crippen molar-refractivity contribution in [3.05, 3.63) is 142 Å². The Hall–Kier alpha value is -3.43. The van der Waals surface area contributed by atoms with Crippen molar-refractivity contribution >= 4 is 23.1 Å². The summed E-state index contributed by atoms with van der Waals surface area (Å²) in [6, 6.07) is 21.1. The Morgan fingerprint density at radius 1 is 0.674 bits per heavy atom. The van der Waals surface area contributed by atoms with E-state index in [2.05, 4.69) is 131 Å². The van der Waals surface area contributed by atoms with Crippen LogP contribution in [0.5, 0.6) is 0 Å². The van der Waals surface area contributed by atoms with Gasteiger partial charge in [0.1, 0.15) is 0 Å². The Kier molecular flexibility index (Phi) is 5.53. The SMILES string of the molecule is C1=CC2C(C=CC3C2C2=CCCC=C2N3C2=CC3c4ccccc4N(c4ccccc4)C3CC2)C2SC3=CCCC=C3C12. The number of thioether (sulfide) groups is 1. The van der Waals surface area contributed by atoms with Crippen molar-refractivity contribution in [1.82, 2.24) is 4.90 Å². The van der Waals surface area contributed by atoms with Crippen LogP contribution in [0.15, 0.2) is 137 Å². The first-order valence-corrected chi connectivity index (χ1v) is 17.5. The third-order valence-corrected chi connectivity index (χ3v) is 13.1. The first-order valence-electron chi connectivity index (χ1n) is 16.6. The number of allylic oxidation sites excluding steroid dienone is 10. The molecule has 2 fully saturated rings. The van der Waals surface area contributed by atoms with Gasteiger partial charge in [-0.15, -0.1) is 11.8 Å². The fourth-order valence-corrected chi connectivity index (χ4v) is 11.6. The Bertz CT molecular complexity index is 1720. The molecule has 2 aromatic carbocycles. The van der Waals surface area contributed by atoms with Crippen LogP contribution < -0.4 is 4.90 Å². The van der Waals surface area contributed by atoms with Crippen molar-refractivity contribution in [2.75, 3.05) is 4.90 Å². The first kappa shape index (κ1) is 25.0. The normalized spacial score (nSPS) is 36.1. The van der Waals surface area contributed by atoms with Crippen molar-refractivity contribution in [3.63, 3.8) is 0 Å². The Morgan fingerprint density at radius 2 is 1.47 bits per heavy atom. The molecule has 0 N–H and O–H groups in total. The third-order valence-electron chi connectivity index (χ3n) is 11.6. The third kappa shape index (κ3) is 3.55. The van der Waals surface area contributed by atoms with Gasteiger partial charge in [0.15, 0.2) is 0 Å². The number of anilines is 2. The zero-order valence-corrected chi connectivity index (χ0v) is 25.4. The molecule has 0 spiro atoms. The maximum Gasteiger partial charge on any atom is 0.0594 e. The van der Waals surface area contributed by atoms with E-state index in [1.54, 1.807) is 21.7 Å². The van der Waals surface area contributed by atoms with Gasteiger partial charge in [-0.3, -0.25) is 0 Å². The van der Waals surface area contributed by atoms with Crippen LogP contribution in [0.3, 0.4) is 0 Å². The lowest BCUT2D eigenvalue weighted by Crippen LogP contribution is -2.43. The topological polar surface area (TPSA) is 6.48 Å². The van der Waals surface area contributed by atoms with E-state index in [1.807, 2.05) is 0 Å². The Balaban J connectivity index is 1.03. The minimum atomic E-state index is 0.422. The predicted octanol–water partition coefficient (Wildman–Crippen LogP) is 9.58. The summed E-state index contributed by atoms with van der Waals surface area (Å²) < 4.78 is 0. The van der Waals surface area contributed by atoms with E-state index in [0.29, 0.717) is 46.9 Å². The minimum absolute atomic E-state index is 0.422. The summed E-state index contributed by atoms with van der Waals surface area (Å²) >= 11 is 2.19. The molecule has 214 valence electrons. The van der Waals surface area contributed by atoms with Crippen LogP contribution in [0.4, 0.5) is 11.4 Å². The zero-order chi connectivity index (χ0) is 28.1. The van der Waals surface area contributed by atoms with Gasteiger partial charge in [0.25, 0.3) is 0 Å². The second-order valence-electron chi connectivity index (χ2n) is 13.6. The van der Waals surface area contributed by atoms with Crippen molar-refractivity contribution in [2.24, 2.45) is 23.7 Å². The molecule has 3 aliphatic heterocycles. The number of nitrogens with zero attached hydrogens (tertiary/aromatic N) is 2. The van der Waals surface area contributed by atoms with Crippen LogP contribution in [0.2, 0.25) is 0 Å². The molecule has 0 bridgehead atoms. The van der Waals surface area contributed by atoms with Crippen molar-refractivity contribution in [1.29, 1.82) is 0 Å². The highest BCUT2D eigenvalue weighted by Crippen LogP contribution is 2.61. The average molecular weight is 579 g/mol. The molecular formula is C40H38N2S. The molecule has 0 radical (unpaired) electrons. The lowest BCUT2D eigenvalue weighted by molar-refractivity contribution is 0.239. The lowest BCUT2D eigenvalue weighted by atomic mass is 9.65. The quantitative estimate of drug-likeness (QED) is 0.328. The summed E-state index contributed by atoms with van der Waals surface area (Å²) in [5, 5.41) is 0.655. The van der Waals surface area contributed by atoms with E-state index in [-0.39, 0.29) is 0 Å². The van der Waals surface area contributed by atoms with Gasteiger partial charge < -0.3 is 9.80 Å². The van der Waals surface area contributed by atoms with Gasteiger partial charge in [0, 0.05) is 56.7 Å². The van der Waals surface area contributed by atoms with Gasteiger partial charge in [0.05, 0.1) is 6.04 Å². The predicted molar refractivity (Wildman–Crippen MR) is 179 cm³/mol. The number of fused-ring (bicyclic) bond motifs is 12. The second-order valence-corrected chi connectivity index (χ2v) is 14.8. The van der Waals surface area contributed by atoms with Crippen LogP contribution in [0, 0.1) is 23.7 Å². The molecule has 0 saturated carbocycles. The number of hydrogen-bond donors (Lipinski definition) is 0. The van der Waals surface area contributed by atoms with Crippen molar-refractivity contribution in [2.45, 2.75) is 61.8 Å². The van der Waals surface area contributed by atoms with Gasteiger partial charge in [-0.1, -0.05) is 91.1 Å². The van der Waals surface area contributed by atoms with Gasteiger partial charge in [-0.25, -0.2) is 0 Å². The van der Waals surface area contributed by atoms with Crippen molar-refractivity contribution in [3.8, 4) is 0 Å². The first-order chi connectivity index (χ1) is 21.3. The molecule has 0 aromatic heterocycles. The number of hydrogen-bond acceptors (Lipinski definition) is 3. The van der Waals surface area contributed by atoms with Crippen LogP contribution in [-0.2, 0) is 0 Å². The molecular weight excluding hydrogens is 541 g/mol. The van der Waals surface area contributed by atoms with E-state index in [9.17, 15) is 0 Å². The molecule has 8 aliphatic rings. The Labute approximate surface area is 259 Å². The van der Waals surface area contributed by atoms with Gasteiger partial charge >= 0.3 is 0 Å². The van der Waals surface area contributed by atoms with E-state index >= 15 is 0 Å². The molecule has 8 atom stereocenters. The fourth-order valence-electron chi connectivity index (χ4n) is 9.92. The highest BCUT2D eigenvalue weighted by atomic mass is 32.2. The monoisotopic (exact) mass is 578 g/mol. The van der Waals surface area contributed by atoms with Gasteiger partial charge in [-0.05, 0) is 85.3 Å². The molecule has 3 heterocycles. The van der Waals surface area contributed by atoms with Gasteiger partial charge in [-0.2, -0.15) is 0 Å². The summed E-state index contributed by atoms with van der Waals surface area (Å²) in [7, 11) is 0. The summed E-state index contributed by atoms with van der Waals surface area (Å²) in [5.41, 5.74) is 10.5. The number of para-hydroxylation sites is 2. The number of rotatable bonds is 2. The van der Waals surface area contributed by atoms with E-state index in [0.717, 1.165) is 12.8 Å². The highest BCUT2D eigenvalue weighted by molar-refractivity contribution is 8.04. The zero-order valence-electron chi connectivity index (χ0n) is 24.6. The Morgan fingerprint density at radius 3 is 2.40 bits per heavy atom. The molecule has 0 amide bonds. The molecule has 2 nitrogen and oxygen atoms in total. The van der Waals surface area contributed by atoms with Crippen LogP contribution in [0.1, 0.15) is 50.0 Å². The molecule has 2 aromatic rings. The molecule has 5 aliphatic carbocycles. The molecule has 10 rings (SSSR count). The summed E-state index contributed by atoms with van der Waals surface area (Å²) in [5.74, 6) is 2.77. The van der Waals surface area contributed by atoms with E-state index in [1.165, 1.54) is 48.3 Å². The molecule has 43 heavy (non-hydrogen) atoms. The average Bonchev–Trinajstić information content (AvgIpc) is 3.72. The maximum atomic E-state index is 2.80. The van der Waals surface area contributed by atoms with Gasteiger partial charge in [0.2, 0.25) is 0 Å². The van der Waals surface area contributed by atoms with Crippen molar-refractivity contribution < 1.29 is 0 Å². The summed E-state index contributed by atoms with van der Waals surface area (Å²) in [6.45, 7) is 0. The summed E-state index contributed by atoms with van der Waals surface area (Å²) in [6.07, 6.45) is 30.6. The molecule has 3 heteroatoms. The van der Waals surface area contributed by atoms with Crippen LogP contribution in [-0.4, -0.2) is 22.2 Å². The van der Waals surface area contributed by atoms with Crippen LogP contribution in [0.25, 0.3) is 0 Å². The fraction of sp³-hybridized carbons (Fsp3) is 0.350. The highest BCUT2D eigenvalue weighted by Gasteiger charge is 2.54. The van der Waals surface area contributed by atoms with Crippen LogP contribution >= 0.6 is 11.8 Å². The second kappa shape index (κ2) is 9.53. The smallest absolute Gasteiger partial charge is 0.0594 e. The minimum Gasteiger partial charge on any atom is -0.338 e. The maximum absolute atomic E-state index is 2.80. The number of benzene rings is 2. The summed E-state index contributed by atoms with van der Waals surface area (Å²) in [4.78, 5) is 7.01. The number of likely N-dealkylation sites (tertiary alicyclic amines) is 1. The molecule has 2 saturated heterocycles. The largest absolute Gasteiger partial charge is 0.338 e. The van der Waals surface area contributed by atoms with E-state index < -0.39 is 0 Å². The molecule has 8 unspecified atom stereocenters.